The molecule has 0 saturated carbocycles. The zero-order valence-corrected chi connectivity index (χ0v) is 21.5. The van der Waals surface area contributed by atoms with Crippen LogP contribution in [0.2, 0.25) is 5.02 Å². The quantitative estimate of drug-likeness (QED) is 0.399. The molecule has 0 aliphatic heterocycles. The highest BCUT2D eigenvalue weighted by atomic mass is 35.5. The summed E-state index contributed by atoms with van der Waals surface area (Å²) in [7, 11) is 1.98. The molecule has 3 rings (SSSR count). The predicted molar refractivity (Wildman–Crippen MR) is 135 cm³/mol. The van der Waals surface area contributed by atoms with E-state index in [4.69, 9.17) is 25.8 Å². The fourth-order valence-electron chi connectivity index (χ4n) is 3.46. The molecule has 0 heterocycles. The van der Waals surface area contributed by atoms with Crippen molar-refractivity contribution in [2.75, 3.05) is 39.2 Å². The summed E-state index contributed by atoms with van der Waals surface area (Å²) in [5, 5.41) is 0.306. The van der Waals surface area contributed by atoms with Crippen molar-refractivity contribution in [1.29, 1.82) is 0 Å². The number of hydrogen-bond donors (Lipinski definition) is 0. The monoisotopic (exact) mass is 518 g/mol. The summed E-state index contributed by atoms with van der Waals surface area (Å²) in [5.41, 5.74) is 0.952. The third-order valence-electron chi connectivity index (χ3n) is 5.31. The first-order chi connectivity index (χ1) is 16.7. The lowest BCUT2D eigenvalue weighted by molar-refractivity contribution is -0.128. The minimum atomic E-state index is -4.11. The Balaban J connectivity index is 1.95. The number of methoxy groups -OCH3 is 3. The second kappa shape index (κ2) is 11.3. The molecule has 35 heavy (non-hydrogen) atoms. The molecule has 0 radical (unpaired) electrons. The van der Waals surface area contributed by atoms with Crippen LogP contribution in [0.25, 0.3) is 0 Å². The number of amides is 1. The van der Waals surface area contributed by atoms with Crippen LogP contribution in [0.4, 0.5) is 5.69 Å². The van der Waals surface area contributed by atoms with Gasteiger partial charge in [-0.15, -0.1) is 0 Å². The maximum absolute atomic E-state index is 13.6. The minimum Gasteiger partial charge on any atom is -0.495 e. The van der Waals surface area contributed by atoms with E-state index in [1.54, 1.807) is 56.6 Å². The van der Waals surface area contributed by atoms with Crippen LogP contribution in [-0.4, -0.2) is 54.1 Å². The number of rotatable bonds is 10. The first-order valence-electron chi connectivity index (χ1n) is 10.6. The highest BCUT2D eigenvalue weighted by molar-refractivity contribution is 7.92. The number of hydrogen-bond acceptors (Lipinski definition) is 6. The van der Waals surface area contributed by atoms with Crippen LogP contribution in [0.5, 0.6) is 17.2 Å². The molecule has 0 fully saturated rings. The zero-order chi connectivity index (χ0) is 25.6. The van der Waals surface area contributed by atoms with E-state index in [1.807, 2.05) is 6.07 Å². The van der Waals surface area contributed by atoms with Gasteiger partial charge in [0.05, 0.1) is 31.9 Å². The summed E-state index contributed by atoms with van der Waals surface area (Å²) in [6, 6.07) is 17.8. The Morgan fingerprint density at radius 3 is 2.11 bits per heavy atom. The van der Waals surface area contributed by atoms with Gasteiger partial charge in [-0.3, -0.25) is 9.10 Å². The van der Waals surface area contributed by atoms with Gasteiger partial charge in [-0.05, 0) is 48.0 Å². The molecule has 0 N–H and O–H groups in total. The van der Waals surface area contributed by atoms with Gasteiger partial charge in [0, 0.05) is 18.6 Å². The standard InChI is InChI=1S/C25H27ClN2O6S/c1-27(16-18-10-12-23(33-3)24(14-18)34-4)25(29)17-28(21-15-19(26)11-13-22(21)32-2)35(30,31)20-8-6-5-7-9-20/h5-15H,16-17H2,1-4H3. The van der Waals surface area contributed by atoms with Crippen molar-refractivity contribution < 1.29 is 27.4 Å². The summed E-state index contributed by atoms with van der Waals surface area (Å²) in [6.07, 6.45) is 0. The van der Waals surface area contributed by atoms with Crippen molar-refractivity contribution in [3.63, 3.8) is 0 Å². The van der Waals surface area contributed by atoms with E-state index in [9.17, 15) is 13.2 Å². The average molecular weight is 519 g/mol. The molecule has 0 aromatic heterocycles. The van der Waals surface area contributed by atoms with Gasteiger partial charge in [0.2, 0.25) is 5.91 Å². The molecule has 0 unspecified atom stereocenters. The van der Waals surface area contributed by atoms with E-state index < -0.39 is 22.5 Å². The molecule has 3 aromatic carbocycles. The zero-order valence-electron chi connectivity index (χ0n) is 19.9. The van der Waals surface area contributed by atoms with Crippen molar-refractivity contribution in [1.82, 2.24) is 4.90 Å². The molecule has 0 atom stereocenters. The van der Waals surface area contributed by atoms with Gasteiger partial charge >= 0.3 is 0 Å². The number of benzene rings is 3. The van der Waals surface area contributed by atoms with Gasteiger partial charge in [0.25, 0.3) is 10.0 Å². The molecule has 0 spiro atoms. The van der Waals surface area contributed by atoms with Crippen LogP contribution in [0, 0.1) is 0 Å². The topological polar surface area (TPSA) is 85.4 Å². The maximum atomic E-state index is 13.6. The Morgan fingerprint density at radius 2 is 1.49 bits per heavy atom. The summed E-state index contributed by atoms with van der Waals surface area (Å²) in [6.45, 7) is -0.233. The van der Waals surface area contributed by atoms with Crippen molar-refractivity contribution in [2.24, 2.45) is 0 Å². The number of likely N-dealkylation sites (N-methyl/N-ethyl adjacent to an activating group) is 1. The van der Waals surface area contributed by atoms with Gasteiger partial charge in [-0.1, -0.05) is 35.9 Å². The Hall–Kier alpha value is -3.43. The maximum Gasteiger partial charge on any atom is 0.264 e. The Bertz CT molecular complexity index is 1280. The van der Waals surface area contributed by atoms with Crippen LogP contribution >= 0.6 is 11.6 Å². The number of anilines is 1. The molecular formula is C25H27ClN2O6S. The van der Waals surface area contributed by atoms with Crippen LogP contribution in [0.3, 0.4) is 0 Å². The average Bonchev–Trinajstić information content (AvgIpc) is 2.87. The lowest BCUT2D eigenvalue weighted by Gasteiger charge is -2.28. The van der Waals surface area contributed by atoms with Crippen LogP contribution in [0.15, 0.2) is 71.6 Å². The van der Waals surface area contributed by atoms with Crippen molar-refractivity contribution in [3.05, 3.63) is 77.3 Å². The number of carbonyl (C=O) groups is 1. The second-order valence-corrected chi connectivity index (χ2v) is 9.88. The first kappa shape index (κ1) is 26.2. The molecular weight excluding hydrogens is 492 g/mol. The van der Waals surface area contributed by atoms with Gasteiger partial charge in [-0.2, -0.15) is 0 Å². The van der Waals surface area contributed by atoms with Crippen LogP contribution in [0.1, 0.15) is 5.56 Å². The van der Waals surface area contributed by atoms with E-state index in [-0.39, 0.29) is 22.9 Å². The van der Waals surface area contributed by atoms with E-state index in [0.29, 0.717) is 16.5 Å². The van der Waals surface area contributed by atoms with Gasteiger partial charge in [0.1, 0.15) is 12.3 Å². The SMILES string of the molecule is COc1ccc(CN(C)C(=O)CN(c2cc(Cl)ccc2OC)S(=O)(=O)c2ccccc2)cc1OC. The van der Waals surface area contributed by atoms with E-state index >= 15 is 0 Å². The summed E-state index contributed by atoms with van der Waals surface area (Å²) in [4.78, 5) is 14.7. The van der Waals surface area contributed by atoms with Crippen LogP contribution in [-0.2, 0) is 21.4 Å². The number of sulfonamides is 1. The third kappa shape index (κ3) is 5.98. The van der Waals surface area contributed by atoms with Gasteiger partial charge in [-0.25, -0.2) is 8.42 Å². The smallest absolute Gasteiger partial charge is 0.264 e. The number of carbonyl (C=O) groups excluding carboxylic acids is 1. The fourth-order valence-corrected chi connectivity index (χ4v) is 5.07. The lowest BCUT2D eigenvalue weighted by Crippen LogP contribution is -2.41. The van der Waals surface area contributed by atoms with Crippen molar-refractivity contribution >= 4 is 33.2 Å². The Morgan fingerprint density at radius 1 is 0.857 bits per heavy atom. The summed E-state index contributed by atoms with van der Waals surface area (Å²) in [5.74, 6) is 0.937. The minimum absolute atomic E-state index is 0.0392. The molecule has 0 aliphatic rings. The summed E-state index contributed by atoms with van der Waals surface area (Å²) >= 11 is 6.18. The van der Waals surface area contributed by atoms with E-state index in [2.05, 4.69) is 0 Å². The highest BCUT2D eigenvalue weighted by Gasteiger charge is 2.30. The normalized spacial score (nSPS) is 11.0. The predicted octanol–water partition coefficient (Wildman–Crippen LogP) is 4.22. The van der Waals surface area contributed by atoms with Gasteiger partial charge < -0.3 is 19.1 Å². The lowest BCUT2D eigenvalue weighted by atomic mass is 10.2. The molecule has 0 aliphatic carbocycles. The third-order valence-corrected chi connectivity index (χ3v) is 7.32. The largest absolute Gasteiger partial charge is 0.495 e. The highest BCUT2D eigenvalue weighted by Crippen LogP contribution is 2.35. The second-order valence-electron chi connectivity index (χ2n) is 7.58. The van der Waals surface area contributed by atoms with Crippen molar-refractivity contribution in [3.8, 4) is 17.2 Å². The Kier molecular flexibility index (Phi) is 8.48. The first-order valence-corrected chi connectivity index (χ1v) is 12.4. The molecule has 0 saturated heterocycles. The number of halogens is 1. The molecule has 3 aromatic rings. The number of nitrogens with zero attached hydrogens (tertiary/aromatic N) is 2. The van der Waals surface area contributed by atoms with E-state index in [1.165, 1.54) is 37.3 Å². The molecule has 8 nitrogen and oxygen atoms in total. The number of ether oxygens (including phenoxy) is 3. The molecule has 0 bridgehead atoms. The molecule has 186 valence electrons. The summed E-state index contributed by atoms with van der Waals surface area (Å²) < 4.78 is 44.2. The molecule has 1 amide bonds. The Labute approximate surface area is 210 Å². The molecule has 10 heteroatoms. The fraction of sp³-hybridized carbons (Fsp3) is 0.240. The van der Waals surface area contributed by atoms with Crippen LogP contribution < -0.4 is 18.5 Å². The van der Waals surface area contributed by atoms with Crippen molar-refractivity contribution in [2.45, 2.75) is 11.4 Å². The van der Waals surface area contributed by atoms with Gasteiger partial charge in [0.15, 0.2) is 11.5 Å². The van der Waals surface area contributed by atoms with E-state index in [0.717, 1.165) is 9.87 Å².